The number of ether oxygens (including phenoxy) is 2. The third-order valence-corrected chi connectivity index (χ3v) is 6.90. The Bertz CT molecular complexity index is 972. The molecule has 7 nitrogen and oxygen atoms in total. The van der Waals surface area contributed by atoms with Crippen LogP contribution in [0.3, 0.4) is 0 Å². The molecule has 2 heterocycles. The third-order valence-electron chi connectivity index (χ3n) is 5.13. The lowest BCUT2D eigenvalue weighted by Crippen LogP contribution is -2.44. The van der Waals surface area contributed by atoms with Crippen molar-refractivity contribution in [2.24, 2.45) is 0 Å². The monoisotopic (exact) mass is 416 g/mol. The van der Waals surface area contributed by atoms with E-state index in [-0.39, 0.29) is 17.3 Å². The Hall–Kier alpha value is -2.74. The highest BCUT2D eigenvalue weighted by molar-refractivity contribution is 7.92. The number of amides is 1. The fourth-order valence-corrected chi connectivity index (χ4v) is 5.02. The molecule has 2 aliphatic heterocycles. The molecule has 8 heteroatoms. The van der Waals surface area contributed by atoms with Crippen molar-refractivity contribution in [3.05, 3.63) is 48.5 Å². The SMILES string of the molecule is O=C(CN(c1ccccc1)S(=O)(=O)c1ccc2c(c1)OCCO2)N1CCCCC1. The number of sulfonamides is 1. The molecule has 1 fully saturated rings. The smallest absolute Gasteiger partial charge is 0.264 e. The van der Waals surface area contributed by atoms with Gasteiger partial charge in [0.05, 0.1) is 10.6 Å². The molecule has 0 saturated carbocycles. The van der Waals surface area contributed by atoms with Crippen molar-refractivity contribution < 1.29 is 22.7 Å². The summed E-state index contributed by atoms with van der Waals surface area (Å²) >= 11 is 0. The number of benzene rings is 2. The highest BCUT2D eigenvalue weighted by Gasteiger charge is 2.30. The number of likely N-dealkylation sites (tertiary alicyclic amines) is 1. The molecule has 0 radical (unpaired) electrons. The topological polar surface area (TPSA) is 76.2 Å². The standard InChI is InChI=1S/C21H24N2O5S/c24-21(22-11-5-2-6-12-22)16-23(17-7-3-1-4-8-17)29(25,26)18-9-10-19-20(15-18)28-14-13-27-19/h1,3-4,7-10,15H,2,5-6,11-14,16H2. The van der Waals surface area contributed by atoms with E-state index in [9.17, 15) is 13.2 Å². The number of para-hydroxylation sites is 1. The van der Waals surface area contributed by atoms with Gasteiger partial charge in [-0.05, 0) is 43.5 Å². The Morgan fingerprint density at radius 1 is 0.931 bits per heavy atom. The van der Waals surface area contributed by atoms with Crippen LogP contribution in [0.2, 0.25) is 0 Å². The Balaban J connectivity index is 1.67. The number of anilines is 1. The van der Waals surface area contributed by atoms with Crippen LogP contribution >= 0.6 is 0 Å². The van der Waals surface area contributed by atoms with Crippen LogP contribution in [-0.4, -0.2) is 52.1 Å². The molecule has 0 atom stereocenters. The van der Waals surface area contributed by atoms with E-state index in [1.54, 1.807) is 35.2 Å². The van der Waals surface area contributed by atoms with Crippen LogP contribution in [0.1, 0.15) is 19.3 Å². The highest BCUT2D eigenvalue weighted by Crippen LogP contribution is 2.34. The number of nitrogens with zero attached hydrogens (tertiary/aromatic N) is 2. The Kier molecular flexibility index (Phi) is 5.62. The Morgan fingerprint density at radius 2 is 1.62 bits per heavy atom. The maximum absolute atomic E-state index is 13.5. The molecule has 1 amide bonds. The lowest BCUT2D eigenvalue weighted by molar-refractivity contribution is -0.130. The van der Waals surface area contributed by atoms with Crippen molar-refractivity contribution in [3.63, 3.8) is 0 Å². The first kappa shape index (κ1) is 19.6. The summed E-state index contributed by atoms with van der Waals surface area (Å²) in [5.41, 5.74) is 0.452. The number of carbonyl (C=O) groups is 1. The second-order valence-corrected chi connectivity index (χ2v) is 8.96. The van der Waals surface area contributed by atoms with Gasteiger partial charge < -0.3 is 14.4 Å². The summed E-state index contributed by atoms with van der Waals surface area (Å²) in [4.78, 5) is 14.7. The molecule has 0 N–H and O–H groups in total. The van der Waals surface area contributed by atoms with Gasteiger partial charge in [-0.1, -0.05) is 18.2 Å². The van der Waals surface area contributed by atoms with Gasteiger partial charge >= 0.3 is 0 Å². The zero-order chi connectivity index (χ0) is 20.3. The first-order valence-electron chi connectivity index (χ1n) is 9.81. The molecule has 4 rings (SSSR count). The molecular formula is C21H24N2O5S. The maximum Gasteiger partial charge on any atom is 0.264 e. The lowest BCUT2D eigenvalue weighted by Gasteiger charge is -2.30. The predicted octanol–water partition coefficient (Wildman–Crippen LogP) is 2.67. The molecule has 1 saturated heterocycles. The highest BCUT2D eigenvalue weighted by atomic mass is 32.2. The number of fused-ring (bicyclic) bond motifs is 1. The van der Waals surface area contributed by atoms with E-state index in [4.69, 9.17) is 9.47 Å². The fraction of sp³-hybridized carbons (Fsp3) is 0.381. The van der Waals surface area contributed by atoms with E-state index in [1.165, 1.54) is 16.4 Å². The molecule has 2 aromatic carbocycles. The average Bonchev–Trinajstić information content (AvgIpc) is 2.78. The summed E-state index contributed by atoms with van der Waals surface area (Å²) in [5, 5.41) is 0. The summed E-state index contributed by atoms with van der Waals surface area (Å²) in [6.45, 7) is 1.91. The van der Waals surface area contributed by atoms with Crippen molar-refractivity contribution in [2.45, 2.75) is 24.2 Å². The minimum atomic E-state index is -3.97. The Labute approximate surface area is 170 Å². The van der Waals surface area contributed by atoms with Gasteiger partial charge in [-0.3, -0.25) is 9.10 Å². The number of rotatable bonds is 5. The van der Waals surface area contributed by atoms with E-state index < -0.39 is 10.0 Å². The van der Waals surface area contributed by atoms with E-state index in [0.29, 0.717) is 43.5 Å². The van der Waals surface area contributed by atoms with Gasteiger partial charge in [-0.25, -0.2) is 8.42 Å². The number of hydrogen-bond donors (Lipinski definition) is 0. The summed E-state index contributed by atoms with van der Waals surface area (Å²) < 4.78 is 39.2. The number of carbonyl (C=O) groups excluding carboxylic acids is 1. The van der Waals surface area contributed by atoms with Crippen molar-refractivity contribution in [1.29, 1.82) is 0 Å². The quantitative estimate of drug-likeness (QED) is 0.749. The van der Waals surface area contributed by atoms with Gasteiger partial charge in [-0.15, -0.1) is 0 Å². The van der Waals surface area contributed by atoms with Crippen LogP contribution in [0.5, 0.6) is 11.5 Å². The summed E-state index contributed by atoms with van der Waals surface area (Å²) in [5.74, 6) is 0.730. The average molecular weight is 416 g/mol. The van der Waals surface area contributed by atoms with Gasteiger partial charge in [0, 0.05) is 19.2 Å². The maximum atomic E-state index is 13.5. The van der Waals surface area contributed by atoms with Crippen molar-refractivity contribution in [2.75, 3.05) is 37.2 Å². The minimum Gasteiger partial charge on any atom is -0.486 e. The molecule has 0 bridgehead atoms. The van der Waals surface area contributed by atoms with Crippen LogP contribution in [0.4, 0.5) is 5.69 Å². The molecule has 0 aliphatic carbocycles. The van der Waals surface area contributed by atoms with Crippen LogP contribution in [-0.2, 0) is 14.8 Å². The zero-order valence-electron chi connectivity index (χ0n) is 16.1. The molecule has 2 aromatic rings. The van der Waals surface area contributed by atoms with Gasteiger partial charge in [0.25, 0.3) is 10.0 Å². The van der Waals surface area contributed by atoms with Crippen molar-refractivity contribution in [3.8, 4) is 11.5 Å². The van der Waals surface area contributed by atoms with Crippen molar-refractivity contribution in [1.82, 2.24) is 4.90 Å². The van der Waals surface area contributed by atoms with E-state index in [2.05, 4.69) is 0 Å². The second-order valence-electron chi connectivity index (χ2n) is 7.09. The van der Waals surface area contributed by atoms with Crippen LogP contribution in [0.15, 0.2) is 53.4 Å². The molecular weight excluding hydrogens is 392 g/mol. The molecule has 29 heavy (non-hydrogen) atoms. The van der Waals surface area contributed by atoms with Gasteiger partial charge in [0.15, 0.2) is 11.5 Å². The van der Waals surface area contributed by atoms with Gasteiger partial charge in [-0.2, -0.15) is 0 Å². The third kappa shape index (κ3) is 4.17. The summed E-state index contributed by atoms with van der Waals surface area (Å²) in [6.07, 6.45) is 3.00. The Morgan fingerprint density at radius 3 is 2.34 bits per heavy atom. The van der Waals surface area contributed by atoms with E-state index in [0.717, 1.165) is 19.3 Å². The van der Waals surface area contributed by atoms with E-state index >= 15 is 0 Å². The summed E-state index contributed by atoms with van der Waals surface area (Å²) in [7, 11) is -3.97. The van der Waals surface area contributed by atoms with Gasteiger partial charge in [0.1, 0.15) is 19.8 Å². The minimum absolute atomic E-state index is 0.0667. The zero-order valence-corrected chi connectivity index (χ0v) is 16.9. The molecule has 2 aliphatic rings. The normalized spacial score (nSPS) is 16.3. The van der Waals surface area contributed by atoms with E-state index in [1.807, 2.05) is 6.07 Å². The molecule has 154 valence electrons. The predicted molar refractivity (Wildman–Crippen MR) is 109 cm³/mol. The molecule has 0 aromatic heterocycles. The van der Waals surface area contributed by atoms with Crippen LogP contribution < -0.4 is 13.8 Å². The first-order chi connectivity index (χ1) is 14.1. The van der Waals surface area contributed by atoms with Gasteiger partial charge in [0.2, 0.25) is 5.91 Å². The number of hydrogen-bond acceptors (Lipinski definition) is 5. The summed E-state index contributed by atoms with van der Waals surface area (Å²) in [6, 6.07) is 13.3. The second kappa shape index (κ2) is 8.32. The first-order valence-corrected chi connectivity index (χ1v) is 11.2. The molecule has 0 unspecified atom stereocenters. The van der Waals surface area contributed by atoms with Crippen LogP contribution in [0, 0.1) is 0 Å². The number of piperidine rings is 1. The largest absolute Gasteiger partial charge is 0.486 e. The fourth-order valence-electron chi connectivity index (χ4n) is 3.59. The van der Waals surface area contributed by atoms with Crippen molar-refractivity contribution >= 4 is 21.6 Å². The molecule has 0 spiro atoms. The lowest BCUT2D eigenvalue weighted by atomic mass is 10.1. The van der Waals surface area contributed by atoms with Crippen LogP contribution in [0.25, 0.3) is 0 Å².